The van der Waals surface area contributed by atoms with Gasteiger partial charge >= 0.3 is 0 Å². The van der Waals surface area contributed by atoms with E-state index < -0.39 is 23.5 Å². The van der Waals surface area contributed by atoms with Crippen LogP contribution in [0.15, 0.2) is 42.0 Å². The topological polar surface area (TPSA) is 79.3 Å². The summed E-state index contributed by atoms with van der Waals surface area (Å²) in [5.74, 6) is -1.29. The zero-order valence-electron chi connectivity index (χ0n) is 20.2. The molecule has 1 atom stereocenters. The molecule has 2 aromatic rings. The highest BCUT2D eigenvalue weighted by Gasteiger charge is 2.46. The minimum atomic E-state index is -0.833. The average molecular weight is 471 g/mol. The smallest absolute Gasteiger partial charge is 0.295 e. The molecule has 1 heterocycles. The average Bonchev–Trinajstić information content (AvgIpc) is 3.10. The number of hydrogen-bond donors (Lipinski definition) is 1. The van der Waals surface area contributed by atoms with Crippen molar-refractivity contribution in [2.24, 2.45) is 0 Å². The Morgan fingerprint density at radius 1 is 1.06 bits per heavy atom. The lowest BCUT2D eigenvalue weighted by molar-refractivity contribution is -0.140. The van der Waals surface area contributed by atoms with E-state index in [1.807, 2.05) is 13.8 Å². The van der Waals surface area contributed by atoms with Crippen LogP contribution in [0.1, 0.15) is 36.6 Å². The fourth-order valence-corrected chi connectivity index (χ4v) is 4.22. The standard InChI is InChI=1S/C26H31FN2O5/c1-6-28(7-2)12-13-29-23(17-9-11-20(33-4)21(15-17)34-5)22(25(31)26(29)32)24(30)18-8-10-19(27)16(3)14-18/h8-11,14-15,23,30H,6-7,12-13H2,1-5H3/b24-22-. The number of benzene rings is 2. The third kappa shape index (κ3) is 4.77. The summed E-state index contributed by atoms with van der Waals surface area (Å²) in [7, 11) is 3.02. The first kappa shape index (κ1) is 25.2. The zero-order chi connectivity index (χ0) is 25.0. The molecule has 0 radical (unpaired) electrons. The van der Waals surface area contributed by atoms with Gasteiger partial charge < -0.3 is 24.4 Å². The number of aliphatic hydroxyl groups excluding tert-OH is 1. The number of likely N-dealkylation sites (tertiary alicyclic amines) is 1. The molecular formula is C26H31FN2O5. The highest BCUT2D eigenvalue weighted by atomic mass is 19.1. The molecule has 1 amide bonds. The summed E-state index contributed by atoms with van der Waals surface area (Å²) in [5.41, 5.74) is 1.15. The van der Waals surface area contributed by atoms with Crippen LogP contribution < -0.4 is 9.47 Å². The predicted molar refractivity (Wildman–Crippen MR) is 127 cm³/mol. The van der Waals surface area contributed by atoms with Gasteiger partial charge in [0.15, 0.2) is 11.5 Å². The molecule has 0 spiro atoms. The molecule has 0 bridgehead atoms. The lowest BCUT2D eigenvalue weighted by Crippen LogP contribution is -2.38. The Hall–Kier alpha value is -3.39. The number of aryl methyl sites for hydroxylation is 1. The Morgan fingerprint density at radius 3 is 2.32 bits per heavy atom. The van der Waals surface area contributed by atoms with Gasteiger partial charge in [0, 0.05) is 18.7 Å². The lowest BCUT2D eigenvalue weighted by atomic mass is 9.94. The van der Waals surface area contributed by atoms with E-state index in [1.54, 1.807) is 25.1 Å². The third-order valence-corrected chi connectivity index (χ3v) is 6.25. The molecule has 3 rings (SSSR count). The van der Waals surface area contributed by atoms with Crippen molar-refractivity contribution < 1.29 is 28.6 Å². The van der Waals surface area contributed by atoms with Crippen LogP contribution in [0.4, 0.5) is 4.39 Å². The van der Waals surface area contributed by atoms with Crippen molar-refractivity contribution >= 4 is 17.4 Å². The Balaban J connectivity index is 2.17. The summed E-state index contributed by atoms with van der Waals surface area (Å²) in [6.45, 7) is 8.10. The van der Waals surface area contributed by atoms with Crippen molar-refractivity contribution in [2.45, 2.75) is 26.8 Å². The van der Waals surface area contributed by atoms with Gasteiger partial charge in [-0.15, -0.1) is 0 Å². The molecule has 0 aliphatic carbocycles. The number of carbonyl (C=O) groups excluding carboxylic acids is 2. The minimum Gasteiger partial charge on any atom is -0.507 e. The van der Waals surface area contributed by atoms with Crippen LogP contribution in [0.3, 0.4) is 0 Å². The van der Waals surface area contributed by atoms with Crippen LogP contribution in [0.25, 0.3) is 5.76 Å². The number of likely N-dealkylation sites (N-methyl/N-ethyl adjacent to an activating group) is 1. The van der Waals surface area contributed by atoms with E-state index in [4.69, 9.17) is 9.47 Å². The Morgan fingerprint density at radius 2 is 1.74 bits per heavy atom. The molecule has 1 saturated heterocycles. The SMILES string of the molecule is CCN(CC)CCN1C(=O)C(=O)/C(=C(\O)c2ccc(F)c(C)c2)C1c1ccc(OC)c(OC)c1. The predicted octanol–water partition coefficient (Wildman–Crippen LogP) is 3.91. The first-order chi connectivity index (χ1) is 16.3. The molecule has 0 saturated carbocycles. The van der Waals surface area contributed by atoms with Gasteiger partial charge in [-0.1, -0.05) is 19.9 Å². The fourth-order valence-electron chi connectivity index (χ4n) is 4.22. The van der Waals surface area contributed by atoms with Crippen molar-refractivity contribution in [3.63, 3.8) is 0 Å². The summed E-state index contributed by atoms with van der Waals surface area (Å²) in [5, 5.41) is 11.2. The number of hydrogen-bond acceptors (Lipinski definition) is 6. The van der Waals surface area contributed by atoms with Crippen LogP contribution in [0.5, 0.6) is 11.5 Å². The molecular weight excluding hydrogens is 439 g/mol. The van der Waals surface area contributed by atoms with Crippen molar-refractivity contribution in [1.82, 2.24) is 9.80 Å². The lowest BCUT2D eigenvalue weighted by Gasteiger charge is -2.28. The van der Waals surface area contributed by atoms with Gasteiger partial charge in [-0.25, -0.2) is 4.39 Å². The molecule has 2 aromatic carbocycles. The molecule has 1 fully saturated rings. The Kier molecular flexibility index (Phi) is 7.94. The quantitative estimate of drug-likeness (QED) is 0.340. The monoisotopic (exact) mass is 470 g/mol. The van der Waals surface area contributed by atoms with E-state index in [1.165, 1.54) is 37.3 Å². The van der Waals surface area contributed by atoms with Crippen LogP contribution >= 0.6 is 0 Å². The molecule has 0 aromatic heterocycles. The van der Waals surface area contributed by atoms with Crippen LogP contribution in [0.2, 0.25) is 0 Å². The maximum atomic E-state index is 13.8. The van der Waals surface area contributed by atoms with E-state index in [0.29, 0.717) is 35.7 Å². The maximum absolute atomic E-state index is 13.8. The Bertz CT molecular complexity index is 1110. The number of ketones is 1. The van der Waals surface area contributed by atoms with Gasteiger partial charge in [0.25, 0.3) is 11.7 Å². The second-order valence-electron chi connectivity index (χ2n) is 8.10. The first-order valence-electron chi connectivity index (χ1n) is 11.3. The number of methoxy groups -OCH3 is 2. The first-order valence-corrected chi connectivity index (χ1v) is 11.3. The molecule has 7 nitrogen and oxygen atoms in total. The van der Waals surface area contributed by atoms with Gasteiger partial charge in [-0.05, 0) is 61.5 Å². The summed E-state index contributed by atoms with van der Waals surface area (Å²) in [4.78, 5) is 29.9. The maximum Gasteiger partial charge on any atom is 0.295 e. The number of amides is 1. The van der Waals surface area contributed by atoms with Crippen LogP contribution in [-0.2, 0) is 9.59 Å². The fraction of sp³-hybridized carbons (Fsp3) is 0.385. The number of nitrogens with zero attached hydrogens (tertiary/aromatic N) is 2. The second kappa shape index (κ2) is 10.7. The molecule has 1 N–H and O–H groups in total. The number of Topliss-reactive ketones (excluding diaryl/α,β-unsaturated/α-hetero) is 1. The van der Waals surface area contributed by atoms with Gasteiger partial charge in [0.05, 0.1) is 25.8 Å². The molecule has 8 heteroatoms. The van der Waals surface area contributed by atoms with E-state index in [0.717, 1.165) is 13.1 Å². The highest BCUT2D eigenvalue weighted by Crippen LogP contribution is 2.42. The Labute approximate surface area is 199 Å². The number of rotatable bonds is 9. The van der Waals surface area contributed by atoms with Gasteiger partial charge in [-0.3, -0.25) is 9.59 Å². The largest absolute Gasteiger partial charge is 0.507 e. The number of carbonyl (C=O) groups is 2. The van der Waals surface area contributed by atoms with Crippen molar-refractivity contribution in [2.75, 3.05) is 40.4 Å². The van der Waals surface area contributed by atoms with Crippen molar-refractivity contribution in [1.29, 1.82) is 0 Å². The van der Waals surface area contributed by atoms with Gasteiger partial charge in [0.2, 0.25) is 0 Å². The van der Waals surface area contributed by atoms with Gasteiger partial charge in [0.1, 0.15) is 11.6 Å². The van der Waals surface area contributed by atoms with Gasteiger partial charge in [-0.2, -0.15) is 0 Å². The highest BCUT2D eigenvalue weighted by molar-refractivity contribution is 6.46. The molecule has 34 heavy (non-hydrogen) atoms. The number of halogens is 1. The van der Waals surface area contributed by atoms with E-state index in [9.17, 15) is 19.1 Å². The summed E-state index contributed by atoms with van der Waals surface area (Å²) < 4.78 is 24.6. The van der Waals surface area contributed by atoms with E-state index >= 15 is 0 Å². The molecule has 1 aliphatic heterocycles. The van der Waals surface area contributed by atoms with E-state index in [2.05, 4.69) is 4.90 Å². The summed E-state index contributed by atoms with van der Waals surface area (Å²) in [6, 6.07) is 8.38. The summed E-state index contributed by atoms with van der Waals surface area (Å²) in [6.07, 6.45) is 0. The third-order valence-electron chi connectivity index (χ3n) is 6.25. The minimum absolute atomic E-state index is 0.0391. The second-order valence-corrected chi connectivity index (χ2v) is 8.10. The molecule has 182 valence electrons. The summed E-state index contributed by atoms with van der Waals surface area (Å²) >= 11 is 0. The molecule has 1 aliphatic rings. The number of ether oxygens (including phenoxy) is 2. The number of aliphatic hydroxyl groups is 1. The normalized spacial score (nSPS) is 17.5. The van der Waals surface area contributed by atoms with Crippen LogP contribution in [0, 0.1) is 12.7 Å². The van der Waals surface area contributed by atoms with Crippen molar-refractivity contribution in [3.8, 4) is 11.5 Å². The molecule has 1 unspecified atom stereocenters. The van der Waals surface area contributed by atoms with Crippen molar-refractivity contribution in [3.05, 3.63) is 64.5 Å². The van der Waals surface area contributed by atoms with Crippen LogP contribution in [-0.4, -0.2) is 67.0 Å². The zero-order valence-corrected chi connectivity index (χ0v) is 20.2. The van der Waals surface area contributed by atoms with E-state index in [-0.39, 0.29) is 16.9 Å².